The highest BCUT2D eigenvalue weighted by atomic mass is 32.1. The number of amides is 1. The number of hydrogen-bond donors (Lipinski definition) is 3. The molecular weight excluding hydrogens is 466 g/mol. The Morgan fingerprint density at radius 1 is 0.972 bits per heavy atom. The lowest BCUT2D eigenvalue weighted by Crippen LogP contribution is -2.11. The van der Waals surface area contributed by atoms with Gasteiger partial charge in [-0.3, -0.25) is 14.9 Å². The minimum Gasteiger partial charge on any atom is -0.353 e. The van der Waals surface area contributed by atoms with Crippen LogP contribution in [-0.2, 0) is 4.79 Å². The Hall–Kier alpha value is -4.23. The number of rotatable bonds is 7. The zero-order chi connectivity index (χ0) is 24.5. The third-order valence-corrected chi connectivity index (χ3v) is 7.11. The lowest BCUT2D eigenvalue weighted by atomic mass is 10.0. The molecule has 0 aliphatic heterocycles. The number of carbonyl (C=O) groups excluding carboxylic acids is 1. The van der Waals surface area contributed by atoms with Gasteiger partial charge in [0.05, 0.1) is 23.1 Å². The lowest BCUT2D eigenvalue weighted by Gasteiger charge is -2.07. The Kier molecular flexibility index (Phi) is 5.83. The number of H-pyrrole nitrogens is 2. The Morgan fingerprint density at radius 2 is 1.92 bits per heavy atom. The number of benzene rings is 2. The van der Waals surface area contributed by atoms with Gasteiger partial charge in [0.1, 0.15) is 5.69 Å². The first-order valence-corrected chi connectivity index (χ1v) is 13.0. The molecule has 0 aliphatic carbocycles. The van der Waals surface area contributed by atoms with Crippen molar-refractivity contribution in [2.75, 3.05) is 5.32 Å². The SMILES string of the molecule is CCCCC(=O)Nc1cncc(-c2ccc3[nH]nc(-c4cc5c(-c6ccsc6)cccc5[nH]4)c3c2)c1. The van der Waals surface area contributed by atoms with Crippen LogP contribution in [0, 0.1) is 0 Å². The van der Waals surface area contributed by atoms with E-state index in [2.05, 4.69) is 79.6 Å². The molecule has 0 aliphatic rings. The smallest absolute Gasteiger partial charge is 0.224 e. The van der Waals surface area contributed by atoms with Crippen molar-refractivity contribution in [2.45, 2.75) is 26.2 Å². The van der Waals surface area contributed by atoms with E-state index in [1.807, 2.05) is 24.4 Å². The highest BCUT2D eigenvalue weighted by Crippen LogP contribution is 2.36. The van der Waals surface area contributed by atoms with Crippen molar-refractivity contribution in [1.29, 1.82) is 0 Å². The summed E-state index contributed by atoms with van der Waals surface area (Å²) in [5.41, 5.74) is 8.96. The quantitative estimate of drug-likeness (QED) is 0.215. The number of pyridine rings is 1. The van der Waals surface area contributed by atoms with Crippen molar-refractivity contribution < 1.29 is 4.79 Å². The molecule has 6 nitrogen and oxygen atoms in total. The van der Waals surface area contributed by atoms with Crippen LogP contribution in [-0.4, -0.2) is 26.1 Å². The molecule has 7 heteroatoms. The second-order valence-corrected chi connectivity index (χ2v) is 9.69. The molecule has 36 heavy (non-hydrogen) atoms. The summed E-state index contributed by atoms with van der Waals surface area (Å²) in [6.45, 7) is 2.08. The van der Waals surface area contributed by atoms with Crippen molar-refractivity contribution in [3.05, 3.63) is 77.8 Å². The first kappa shape index (κ1) is 22.2. The molecule has 178 valence electrons. The molecule has 0 atom stereocenters. The molecule has 6 rings (SSSR count). The molecule has 0 bridgehead atoms. The van der Waals surface area contributed by atoms with Gasteiger partial charge in [0.2, 0.25) is 5.91 Å². The maximum atomic E-state index is 12.2. The first-order chi connectivity index (χ1) is 17.7. The largest absolute Gasteiger partial charge is 0.353 e. The van der Waals surface area contributed by atoms with E-state index < -0.39 is 0 Å². The zero-order valence-electron chi connectivity index (χ0n) is 19.8. The number of nitrogens with zero attached hydrogens (tertiary/aromatic N) is 2. The van der Waals surface area contributed by atoms with E-state index in [-0.39, 0.29) is 5.91 Å². The standard InChI is InChI=1S/C29H25N5OS/c1-2-3-7-28(35)31-21-12-20(15-30-16-21)18-8-9-26-24(13-18)29(34-33-26)27-14-23-22(19-10-11-36-17-19)5-4-6-25(23)32-27/h4-6,8-17,32H,2-3,7H2,1H3,(H,31,35)(H,33,34). The fraction of sp³-hybridized carbons (Fsp3) is 0.138. The minimum absolute atomic E-state index is 0.0176. The van der Waals surface area contributed by atoms with E-state index in [1.54, 1.807) is 17.5 Å². The Balaban J connectivity index is 1.37. The van der Waals surface area contributed by atoms with Crippen molar-refractivity contribution in [2.24, 2.45) is 0 Å². The van der Waals surface area contributed by atoms with Crippen LogP contribution in [0.4, 0.5) is 5.69 Å². The average molecular weight is 492 g/mol. The van der Waals surface area contributed by atoms with E-state index in [4.69, 9.17) is 0 Å². The van der Waals surface area contributed by atoms with Crippen molar-refractivity contribution in [1.82, 2.24) is 20.2 Å². The monoisotopic (exact) mass is 491 g/mol. The number of nitrogens with one attached hydrogen (secondary N) is 3. The molecule has 0 fully saturated rings. The Labute approximate surface area is 212 Å². The van der Waals surface area contributed by atoms with Gasteiger partial charge >= 0.3 is 0 Å². The molecule has 0 saturated heterocycles. The molecule has 0 saturated carbocycles. The second kappa shape index (κ2) is 9.43. The minimum atomic E-state index is 0.0176. The van der Waals surface area contributed by atoms with Gasteiger partial charge in [-0.05, 0) is 70.3 Å². The van der Waals surface area contributed by atoms with Crippen LogP contribution in [0.2, 0.25) is 0 Å². The van der Waals surface area contributed by atoms with E-state index in [0.29, 0.717) is 12.1 Å². The van der Waals surface area contributed by atoms with Crippen molar-refractivity contribution >= 4 is 44.7 Å². The van der Waals surface area contributed by atoms with Crippen LogP contribution in [0.15, 0.2) is 77.8 Å². The van der Waals surface area contributed by atoms with Gasteiger partial charge in [-0.25, -0.2) is 0 Å². The van der Waals surface area contributed by atoms with Crippen LogP contribution in [0.25, 0.3) is 55.4 Å². The number of carbonyl (C=O) groups is 1. The Morgan fingerprint density at radius 3 is 2.78 bits per heavy atom. The fourth-order valence-electron chi connectivity index (χ4n) is 4.58. The second-order valence-electron chi connectivity index (χ2n) is 8.91. The van der Waals surface area contributed by atoms with Crippen LogP contribution in [0.3, 0.4) is 0 Å². The van der Waals surface area contributed by atoms with Crippen LogP contribution in [0.5, 0.6) is 0 Å². The summed E-state index contributed by atoms with van der Waals surface area (Å²) in [7, 11) is 0. The van der Waals surface area contributed by atoms with Gasteiger partial charge in [-0.2, -0.15) is 16.4 Å². The average Bonchev–Trinajstić information content (AvgIpc) is 3.66. The first-order valence-electron chi connectivity index (χ1n) is 12.1. The van der Waals surface area contributed by atoms with Crippen molar-refractivity contribution in [3.63, 3.8) is 0 Å². The summed E-state index contributed by atoms with van der Waals surface area (Å²) >= 11 is 1.70. The summed E-state index contributed by atoms with van der Waals surface area (Å²) in [6.07, 6.45) is 5.89. The molecule has 2 aromatic carbocycles. The molecule has 3 N–H and O–H groups in total. The number of thiophene rings is 1. The number of anilines is 1. The van der Waals surface area contributed by atoms with Gasteiger partial charge in [-0.1, -0.05) is 31.5 Å². The highest BCUT2D eigenvalue weighted by Gasteiger charge is 2.15. The Bertz CT molecular complexity index is 1680. The lowest BCUT2D eigenvalue weighted by molar-refractivity contribution is -0.116. The summed E-state index contributed by atoms with van der Waals surface area (Å²) in [6, 6.07) is 18.8. The normalized spacial score (nSPS) is 11.4. The predicted octanol–water partition coefficient (Wildman–Crippen LogP) is 7.63. The van der Waals surface area contributed by atoms with E-state index in [0.717, 1.165) is 51.8 Å². The summed E-state index contributed by atoms with van der Waals surface area (Å²) in [5.74, 6) is 0.0176. The van der Waals surface area contributed by atoms with E-state index in [9.17, 15) is 4.79 Å². The van der Waals surface area contributed by atoms with E-state index in [1.165, 1.54) is 16.5 Å². The molecular formula is C29H25N5OS. The third kappa shape index (κ3) is 4.18. The highest BCUT2D eigenvalue weighted by molar-refractivity contribution is 7.08. The maximum Gasteiger partial charge on any atom is 0.224 e. The molecule has 0 unspecified atom stereocenters. The molecule has 4 aromatic heterocycles. The fourth-order valence-corrected chi connectivity index (χ4v) is 5.23. The summed E-state index contributed by atoms with van der Waals surface area (Å²) < 4.78 is 0. The van der Waals surface area contributed by atoms with Gasteiger partial charge in [-0.15, -0.1) is 0 Å². The van der Waals surface area contributed by atoms with Crippen LogP contribution in [0.1, 0.15) is 26.2 Å². The maximum absolute atomic E-state index is 12.2. The van der Waals surface area contributed by atoms with E-state index >= 15 is 0 Å². The zero-order valence-corrected chi connectivity index (χ0v) is 20.7. The third-order valence-electron chi connectivity index (χ3n) is 6.43. The number of aromatic nitrogens is 4. The number of hydrogen-bond acceptors (Lipinski definition) is 4. The summed E-state index contributed by atoms with van der Waals surface area (Å²) in [5, 5.41) is 17.2. The number of unbranched alkanes of at least 4 members (excludes halogenated alkanes) is 1. The van der Waals surface area contributed by atoms with Crippen LogP contribution >= 0.6 is 11.3 Å². The van der Waals surface area contributed by atoms with Gasteiger partial charge in [0.15, 0.2) is 0 Å². The predicted molar refractivity (Wildman–Crippen MR) is 148 cm³/mol. The number of aromatic amines is 2. The molecule has 0 radical (unpaired) electrons. The molecule has 6 aromatic rings. The molecule has 4 heterocycles. The molecule has 1 amide bonds. The van der Waals surface area contributed by atoms with Crippen molar-refractivity contribution in [3.8, 4) is 33.6 Å². The van der Waals surface area contributed by atoms with Gasteiger partial charge in [0, 0.05) is 34.5 Å². The number of fused-ring (bicyclic) bond motifs is 2. The topological polar surface area (TPSA) is 86.5 Å². The van der Waals surface area contributed by atoms with Gasteiger partial charge < -0.3 is 10.3 Å². The van der Waals surface area contributed by atoms with Gasteiger partial charge in [0.25, 0.3) is 0 Å². The van der Waals surface area contributed by atoms with Crippen LogP contribution < -0.4 is 5.32 Å². The summed E-state index contributed by atoms with van der Waals surface area (Å²) in [4.78, 5) is 20.1. The molecule has 0 spiro atoms.